The molecule has 25 heavy (non-hydrogen) atoms. The Morgan fingerprint density at radius 2 is 2.12 bits per heavy atom. The molecule has 136 valence electrons. The smallest absolute Gasteiger partial charge is 0.234 e. The van der Waals surface area contributed by atoms with Crippen molar-refractivity contribution in [2.24, 2.45) is 0 Å². The van der Waals surface area contributed by atoms with Gasteiger partial charge in [-0.05, 0) is 18.6 Å². The Hall–Kier alpha value is -2.42. The lowest BCUT2D eigenvalue weighted by molar-refractivity contribution is -0.113. The quantitative estimate of drug-likeness (QED) is 0.518. The van der Waals surface area contributed by atoms with Gasteiger partial charge in [-0.25, -0.2) is 4.68 Å². The highest BCUT2D eigenvalue weighted by atomic mass is 32.2. The largest absolute Gasteiger partial charge is 0.497 e. The second kappa shape index (κ2) is 9.16. The molecule has 0 aliphatic heterocycles. The van der Waals surface area contributed by atoms with Gasteiger partial charge in [0.1, 0.15) is 11.5 Å². The van der Waals surface area contributed by atoms with Crippen LogP contribution >= 0.6 is 11.8 Å². The molecule has 1 aromatic heterocycles. The van der Waals surface area contributed by atoms with Gasteiger partial charge >= 0.3 is 0 Å². The minimum Gasteiger partial charge on any atom is -0.497 e. The van der Waals surface area contributed by atoms with Crippen molar-refractivity contribution in [1.82, 2.24) is 14.9 Å². The number of hydrogen-bond donors (Lipinski definition) is 2. The van der Waals surface area contributed by atoms with Crippen LogP contribution in [-0.2, 0) is 11.2 Å². The number of thioether (sulfide) groups is 1. The van der Waals surface area contributed by atoms with Crippen LogP contribution in [0.3, 0.4) is 0 Å². The monoisotopic (exact) mass is 365 g/mol. The molecule has 0 aliphatic rings. The van der Waals surface area contributed by atoms with Crippen molar-refractivity contribution in [3.8, 4) is 11.5 Å². The zero-order valence-electron chi connectivity index (χ0n) is 14.6. The Bertz CT molecular complexity index is 720. The predicted octanol–water partition coefficient (Wildman–Crippen LogP) is 2.08. The van der Waals surface area contributed by atoms with Crippen molar-refractivity contribution in [1.29, 1.82) is 0 Å². The Morgan fingerprint density at radius 3 is 2.80 bits per heavy atom. The predicted molar refractivity (Wildman–Crippen MR) is 97.7 cm³/mol. The van der Waals surface area contributed by atoms with Crippen LogP contribution in [0.2, 0.25) is 0 Å². The first-order valence-corrected chi connectivity index (χ1v) is 8.91. The van der Waals surface area contributed by atoms with Crippen molar-refractivity contribution >= 4 is 23.4 Å². The second-order valence-corrected chi connectivity index (χ2v) is 6.22. The third-order valence-corrected chi connectivity index (χ3v) is 4.45. The number of aryl methyl sites for hydroxylation is 1. The Morgan fingerprint density at radius 1 is 1.32 bits per heavy atom. The zero-order chi connectivity index (χ0) is 18.2. The van der Waals surface area contributed by atoms with Gasteiger partial charge in [0.25, 0.3) is 0 Å². The zero-order valence-corrected chi connectivity index (χ0v) is 15.4. The first-order chi connectivity index (χ1) is 12.1. The van der Waals surface area contributed by atoms with Crippen LogP contribution in [0.15, 0.2) is 23.4 Å². The molecular weight excluding hydrogens is 342 g/mol. The van der Waals surface area contributed by atoms with E-state index in [1.165, 1.54) is 16.4 Å². The number of nitrogens with zero attached hydrogens (tertiary/aromatic N) is 3. The number of anilines is 1. The fraction of sp³-hybridized carbons (Fsp3) is 0.438. The lowest BCUT2D eigenvalue weighted by atomic mass is 10.2. The molecule has 0 spiro atoms. The number of rotatable bonds is 9. The number of unbranched alkanes of at least 4 members (excludes halogenated alkanes) is 1. The van der Waals surface area contributed by atoms with E-state index in [4.69, 9.17) is 15.3 Å². The molecule has 8 nitrogen and oxygen atoms in total. The standard InChI is InChI=1S/C16H23N5O3S/c1-4-5-6-14-19-20-16(21(14)17)25-10-15(22)18-12-9-11(23-2)7-8-13(12)24-3/h7-9H,4-6,10,17H2,1-3H3,(H,18,22). The van der Waals surface area contributed by atoms with Crippen molar-refractivity contribution in [3.05, 3.63) is 24.0 Å². The number of aromatic nitrogens is 3. The highest BCUT2D eigenvalue weighted by Gasteiger charge is 2.13. The average molecular weight is 365 g/mol. The van der Waals surface area contributed by atoms with Crippen LogP contribution in [0.25, 0.3) is 0 Å². The summed E-state index contributed by atoms with van der Waals surface area (Å²) in [7, 11) is 3.11. The van der Waals surface area contributed by atoms with Gasteiger partial charge in [0.05, 0.1) is 25.7 Å². The van der Waals surface area contributed by atoms with E-state index in [1.54, 1.807) is 32.4 Å². The highest BCUT2D eigenvalue weighted by molar-refractivity contribution is 7.99. The maximum absolute atomic E-state index is 12.2. The molecule has 2 rings (SSSR count). The lowest BCUT2D eigenvalue weighted by Gasteiger charge is -2.11. The van der Waals surface area contributed by atoms with E-state index in [-0.39, 0.29) is 11.7 Å². The average Bonchev–Trinajstić information content (AvgIpc) is 2.97. The minimum absolute atomic E-state index is 0.156. The highest BCUT2D eigenvalue weighted by Crippen LogP contribution is 2.29. The van der Waals surface area contributed by atoms with E-state index in [9.17, 15) is 4.79 Å². The number of nitrogens with two attached hydrogens (primary N) is 1. The number of methoxy groups -OCH3 is 2. The molecule has 0 fully saturated rings. The van der Waals surface area contributed by atoms with Crippen molar-refractivity contribution < 1.29 is 14.3 Å². The summed E-state index contributed by atoms with van der Waals surface area (Å²) >= 11 is 1.23. The molecule has 1 heterocycles. The number of carbonyl (C=O) groups excluding carboxylic acids is 1. The van der Waals surface area contributed by atoms with E-state index in [0.717, 1.165) is 25.1 Å². The lowest BCUT2D eigenvalue weighted by Crippen LogP contribution is -2.17. The van der Waals surface area contributed by atoms with Crippen LogP contribution in [0.5, 0.6) is 11.5 Å². The van der Waals surface area contributed by atoms with E-state index in [2.05, 4.69) is 22.4 Å². The second-order valence-electron chi connectivity index (χ2n) is 5.28. The summed E-state index contributed by atoms with van der Waals surface area (Å²) in [5.41, 5.74) is 0.547. The Labute approximate surface area is 151 Å². The summed E-state index contributed by atoms with van der Waals surface area (Å²) in [6, 6.07) is 5.20. The van der Waals surface area contributed by atoms with Crippen LogP contribution in [0.1, 0.15) is 25.6 Å². The van der Waals surface area contributed by atoms with E-state index in [1.807, 2.05) is 0 Å². The topological polar surface area (TPSA) is 104 Å². The number of carbonyl (C=O) groups is 1. The SMILES string of the molecule is CCCCc1nnc(SCC(=O)Nc2cc(OC)ccc2OC)n1N. The van der Waals surface area contributed by atoms with Crippen molar-refractivity contribution in [2.75, 3.05) is 31.1 Å². The van der Waals surface area contributed by atoms with Crippen LogP contribution in [0, 0.1) is 0 Å². The molecule has 0 aliphatic carbocycles. The molecule has 2 aromatic rings. The van der Waals surface area contributed by atoms with E-state index >= 15 is 0 Å². The summed E-state index contributed by atoms with van der Waals surface area (Å²) in [6.45, 7) is 2.10. The molecule has 0 unspecified atom stereocenters. The van der Waals surface area contributed by atoms with Crippen molar-refractivity contribution in [3.63, 3.8) is 0 Å². The summed E-state index contributed by atoms with van der Waals surface area (Å²) in [5.74, 6) is 7.84. The first kappa shape index (κ1) is 18.9. The van der Waals surface area contributed by atoms with Gasteiger partial charge in [-0.3, -0.25) is 4.79 Å². The molecule has 0 saturated carbocycles. The molecule has 0 saturated heterocycles. The molecule has 0 atom stereocenters. The molecule has 1 aromatic carbocycles. The van der Waals surface area contributed by atoms with E-state index < -0.39 is 0 Å². The van der Waals surface area contributed by atoms with Gasteiger partial charge in [0.2, 0.25) is 11.1 Å². The molecule has 0 radical (unpaired) electrons. The third kappa shape index (κ3) is 5.02. The molecule has 1 amide bonds. The first-order valence-electron chi connectivity index (χ1n) is 7.93. The van der Waals surface area contributed by atoms with Gasteiger partial charge in [-0.2, -0.15) is 0 Å². The molecule has 3 N–H and O–H groups in total. The fourth-order valence-corrected chi connectivity index (χ4v) is 2.81. The van der Waals surface area contributed by atoms with Crippen LogP contribution in [-0.4, -0.2) is 40.8 Å². The maximum atomic E-state index is 12.2. The Balaban J connectivity index is 1.96. The summed E-state index contributed by atoms with van der Waals surface area (Å²) < 4.78 is 11.9. The number of nitrogen functional groups attached to an aromatic ring is 1. The maximum Gasteiger partial charge on any atom is 0.234 e. The molecule has 0 bridgehead atoms. The van der Waals surface area contributed by atoms with Gasteiger partial charge in [0.15, 0.2) is 5.82 Å². The summed E-state index contributed by atoms with van der Waals surface area (Å²) in [5, 5.41) is 11.4. The number of nitrogens with one attached hydrogen (secondary N) is 1. The number of benzene rings is 1. The van der Waals surface area contributed by atoms with Crippen LogP contribution in [0.4, 0.5) is 5.69 Å². The normalized spacial score (nSPS) is 10.5. The summed E-state index contributed by atoms with van der Waals surface area (Å²) in [4.78, 5) is 12.2. The van der Waals surface area contributed by atoms with Crippen molar-refractivity contribution in [2.45, 2.75) is 31.3 Å². The molecular formula is C16H23N5O3S. The number of ether oxygens (including phenoxy) is 2. The van der Waals surface area contributed by atoms with Crippen LogP contribution < -0.4 is 20.6 Å². The van der Waals surface area contributed by atoms with Gasteiger partial charge in [-0.15, -0.1) is 10.2 Å². The number of hydrogen-bond acceptors (Lipinski definition) is 7. The minimum atomic E-state index is -0.199. The summed E-state index contributed by atoms with van der Waals surface area (Å²) in [6.07, 6.45) is 2.82. The Kier molecular flexibility index (Phi) is 6.93. The molecule has 9 heteroatoms. The van der Waals surface area contributed by atoms with Gasteiger partial charge < -0.3 is 20.6 Å². The van der Waals surface area contributed by atoms with Gasteiger partial charge in [-0.1, -0.05) is 25.1 Å². The number of amides is 1. The van der Waals surface area contributed by atoms with E-state index in [0.29, 0.717) is 22.3 Å². The third-order valence-electron chi connectivity index (χ3n) is 3.50. The van der Waals surface area contributed by atoms with Gasteiger partial charge in [0, 0.05) is 12.5 Å². The fourth-order valence-electron chi connectivity index (χ4n) is 2.14.